The summed E-state index contributed by atoms with van der Waals surface area (Å²) in [6.07, 6.45) is 0.793. The molecule has 0 spiro atoms. The number of halogens is 1. The molecule has 1 aliphatic rings. The number of benzene rings is 1. The maximum absolute atomic E-state index is 12.1. The predicted octanol–water partition coefficient (Wildman–Crippen LogP) is 1.74. The molecule has 1 atom stereocenters. The molecular formula is C15H22ClN3O4S. The number of morpholine rings is 1. The summed E-state index contributed by atoms with van der Waals surface area (Å²) in [6.45, 7) is 4.81. The van der Waals surface area contributed by atoms with Crippen LogP contribution in [0.1, 0.15) is 11.1 Å². The highest BCUT2D eigenvalue weighted by Gasteiger charge is 2.26. The van der Waals surface area contributed by atoms with Gasteiger partial charge in [-0.1, -0.05) is 17.7 Å². The summed E-state index contributed by atoms with van der Waals surface area (Å²) in [6, 6.07) is 3.23. The topological polar surface area (TPSA) is 87.7 Å². The maximum atomic E-state index is 12.1. The van der Waals surface area contributed by atoms with Crippen LogP contribution in [0, 0.1) is 13.8 Å². The van der Waals surface area contributed by atoms with Gasteiger partial charge in [0, 0.05) is 30.3 Å². The van der Waals surface area contributed by atoms with Crippen molar-refractivity contribution in [1.29, 1.82) is 0 Å². The molecule has 0 saturated carbocycles. The molecule has 1 aliphatic heterocycles. The zero-order valence-electron chi connectivity index (χ0n) is 13.9. The van der Waals surface area contributed by atoms with Crippen molar-refractivity contribution in [3.63, 3.8) is 0 Å². The number of ether oxygens (including phenoxy) is 1. The molecule has 134 valence electrons. The molecule has 0 bridgehead atoms. The number of sulfonamides is 1. The van der Waals surface area contributed by atoms with E-state index in [0.29, 0.717) is 23.9 Å². The van der Waals surface area contributed by atoms with Gasteiger partial charge >= 0.3 is 6.03 Å². The lowest BCUT2D eigenvalue weighted by molar-refractivity contribution is 0.00167. The number of urea groups is 1. The molecular weight excluding hydrogens is 354 g/mol. The summed E-state index contributed by atoms with van der Waals surface area (Å²) in [7, 11) is -3.25. The summed E-state index contributed by atoms with van der Waals surface area (Å²) in [5.41, 5.74) is 2.37. The Morgan fingerprint density at radius 3 is 2.79 bits per heavy atom. The minimum Gasteiger partial charge on any atom is -0.374 e. The van der Waals surface area contributed by atoms with Crippen molar-refractivity contribution in [2.24, 2.45) is 0 Å². The Labute approximate surface area is 147 Å². The van der Waals surface area contributed by atoms with Crippen molar-refractivity contribution < 1.29 is 17.9 Å². The zero-order valence-corrected chi connectivity index (χ0v) is 15.5. The number of amides is 2. The van der Waals surface area contributed by atoms with Crippen molar-refractivity contribution in [2.75, 3.05) is 37.8 Å². The molecule has 1 fully saturated rings. The first-order chi connectivity index (χ1) is 11.2. The second-order valence-electron chi connectivity index (χ2n) is 5.81. The van der Waals surface area contributed by atoms with E-state index in [9.17, 15) is 13.2 Å². The summed E-state index contributed by atoms with van der Waals surface area (Å²) < 4.78 is 30.0. The molecule has 0 radical (unpaired) electrons. The Bertz CT molecular complexity index is 724. The highest BCUT2D eigenvalue weighted by atomic mass is 35.5. The van der Waals surface area contributed by atoms with E-state index < -0.39 is 10.0 Å². The third-order valence-electron chi connectivity index (χ3n) is 3.91. The van der Waals surface area contributed by atoms with E-state index in [1.807, 2.05) is 19.9 Å². The molecule has 2 rings (SSSR count). The lowest BCUT2D eigenvalue weighted by Gasteiger charge is -2.31. The first kappa shape index (κ1) is 19.0. The number of nitrogens with zero attached hydrogens (tertiary/aromatic N) is 1. The van der Waals surface area contributed by atoms with Crippen LogP contribution in [0.15, 0.2) is 12.1 Å². The van der Waals surface area contributed by atoms with E-state index in [-0.39, 0.29) is 25.2 Å². The third-order valence-corrected chi connectivity index (χ3v) is 5.59. The van der Waals surface area contributed by atoms with E-state index >= 15 is 0 Å². The molecule has 0 aliphatic carbocycles. The molecule has 7 nitrogen and oxygen atoms in total. The van der Waals surface area contributed by atoms with Crippen molar-refractivity contribution in [3.05, 3.63) is 28.3 Å². The Kier molecular flexibility index (Phi) is 6.08. The first-order valence-corrected chi connectivity index (χ1v) is 9.78. The van der Waals surface area contributed by atoms with Gasteiger partial charge in [-0.2, -0.15) is 4.31 Å². The molecule has 1 heterocycles. The number of hydrogen-bond acceptors (Lipinski definition) is 4. The molecule has 0 unspecified atom stereocenters. The van der Waals surface area contributed by atoms with E-state index in [0.717, 1.165) is 11.1 Å². The molecule has 2 amide bonds. The Morgan fingerprint density at radius 1 is 1.42 bits per heavy atom. The number of hydrogen-bond donors (Lipinski definition) is 2. The van der Waals surface area contributed by atoms with Gasteiger partial charge in [-0.15, -0.1) is 0 Å². The molecule has 9 heteroatoms. The Hall–Kier alpha value is -1.35. The molecule has 1 aromatic rings. The Morgan fingerprint density at radius 2 is 2.12 bits per heavy atom. The van der Waals surface area contributed by atoms with Gasteiger partial charge < -0.3 is 15.4 Å². The highest BCUT2D eigenvalue weighted by Crippen LogP contribution is 2.26. The molecule has 24 heavy (non-hydrogen) atoms. The standard InChI is InChI=1S/C15H22ClN3O4S/c1-10-4-5-13(16)11(2)14(10)18-15(20)17-8-12-9-19(6-7-23-12)24(3,21)22/h4-5,12H,6-9H2,1-3H3,(H2,17,18,20)/t12-/m1/s1. The van der Waals surface area contributed by atoms with Gasteiger partial charge in [-0.25, -0.2) is 13.2 Å². The molecule has 2 N–H and O–H groups in total. The van der Waals surface area contributed by atoms with Crippen LogP contribution in [0.3, 0.4) is 0 Å². The first-order valence-electron chi connectivity index (χ1n) is 7.55. The van der Waals surface area contributed by atoms with Crippen LogP contribution in [0.5, 0.6) is 0 Å². The normalized spacial score (nSPS) is 19.1. The van der Waals surface area contributed by atoms with Crippen LogP contribution in [-0.2, 0) is 14.8 Å². The van der Waals surface area contributed by atoms with Gasteiger partial charge in [0.2, 0.25) is 10.0 Å². The van der Waals surface area contributed by atoms with E-state index in [2.05, 4.69) is 10.6 Å². The minimum absolute atomic E-state index is 0.219. The number of nitrogens with one attached hydrogen (secondary N) is 2. The van der Waals surface area contributed by atoms with E-state index in [1.165, 1.54) is 10.6 Å². The number of carbonyl (C=O) groups excluding carboxylic acids is 1. The lowest BCUT2D eigenvalue weighted by atomic mass is 10.1. The fourth-order valence-electron chi connectivity index (χ4n) is 2.50. The van der Waals surface area contributed by atoms with Crippen LogP contribution in [0.4, 0.5) is 10.5 Å². The van der Waals surface area contributed by atoms with E-state index in [4.69, 9.17) is 16.3 Å². The zero-order chi connectivity index (χ0) is 17.9. The highest BCUT2D eigenvalue weighted by molar-refractivity contribution is 7.88. The molecule has 0 aromatic heterocycles. The van der Waals surface area contributed by atoms with Crippen molar-refractivity contribution >= 4 is 33.3 Å². The maximum Gasteiger partial charge on any atom is 0.319 e. The van der Waals surface area contributed by atoms with Gasteiger partial charge in [-0.3, -0.25) is 0 Å². The summed E-state index contributed by atoms with van der Waals surface area (Å²) in [4.78, 5) is 12.1. The second kappa shape index (κ2) is 7.69. The average molecular weight is 376 g/mol. The van der Waals surface area contributed by atoms with Gasteiger partial charge in [0.15, 0.2) is 0 Å². The van der Waals surface area contributed by atoms with Crippen LogP contribution >= 0.6 is 11.6 Å². The van der Waals surface area contributed by atoms with Crippen LogP contribution in [0.25, 0.3) is 0 Å². The van der Waals surface area contributed by atoms with Gasteiger partial charge in [-0.05, 0) is 31.0 Å². The van der Waals surface area contributed by atoms with E-state index in [1.54, 1.807) is 6.07 Å². The van der Waals surface area contributed by atoms with Crippen molar-refractivity contribution in [2.45, 2.75) is 20.0 Å². The third kappa shape index (κ3) is 4.83. The number of carbonyl (C=O) groups is 1. The quantitative estimate of drug-likeness (QED) is 0.839. The smallest absolute Gasteiger partial charge is 0.319 e. The van der Waals surface area contributed by atoms with Gasteiger partial charge in [0.05, 0.1) is 19.0 Å². The predicted molar refractivity (Wildman–Crippen MR) is 94.1 cm³/mol. The number of anilines is 1. The van der Waals surface area contributed by atoms with Crippen molar-refractivity contribution in [1.82, 2.24) is 9.62 Å². The van der Waals surface area contributed by atoms with Gasteiger partial charge in [0.25, 0.3) is 0 Å². The fourth-order valence-corrected chi connectivity index (χ4v) is 3.50. The monoisotopic (exact) mass is 375 g/mol. The van der Waals surface area contributed by atoms with Crippen LogP contribution < -0.4 is 10.6 Å². The number of rotatable bonds is 4. The largest absolute Gasteiger partial charge is 0.374 e. The molecule has 1 aromatic carbocycles. The minimum atomic E-state index is -3.25. The van der Waals surface area contributed by atoms with Crippen LogP contribution in [-0.4, -0.2) is 57.4 Å². The Balaban J connectivity index is 1.91. The average Bonchev–Trinajstić information content (AvgIpc) is 2.53. The summed E-state index contributed by atoms with van der Waals surface area (Å²) in [5.74, 6) is 0. The van der Waals surface area contributed by atoms with Crippen LogP contribution in [0.2, 0.25) is 5.02 Å². The molecule has 1 saturated heterocycles. The fraction of sp³-hybridized carbons (Fsp3) is 0.533. The summed E-state index contributed by atoms with van der Waals surface area (Å²) >= 11 is 6.07. The second-order valence-corrected chi connectivity index (χ2v) is 8.20. The summed E-state index contributed by atoms with van der Waals surface area (Å²) in [5, 5.41) is 6.06. The SMILES string of the molecule is Cc1ccc(Cl)c(C)c1NC(=O)NC[C@@H]1CN(S(C)(=O)=O)CCO1. The number of aryl methyl sites for hydroxylation is 1. The lowest BCUT2D eigenvalue weighted by Crippen LogP contribution is -2.49. The van der Waals surface area contributed by atoms with Crippen molar-refractivity contribution in [3.8, 4) is 0 Å². The van der Waals surface area contributed by atoms with Gasteiger partial charge in [0.1, 0.15) is 0 Å².